The van der Waals surface area contributed by atoms with Crippen molar-refractivity contribution in [3.8, 4) is 11.3 Å². The molecule has 0 saturated heterocycles. The molecule has 0 aliphatic rings. The number of benzene rings is 2. The Bertz CT molecular complexity index is 902. The van der Waals surface area contributed by atoms with Crippen LogP contribution in [0.25, 0.3) is 22.3 Å². The molecular formula is C15H10F2N2O2. The maximum absolute atomic E-state index is 13.8. The fraction of sp³-hybridized carbons (Fsp3) is 0. The highest BCUT2D eigenvalue weighted by Gasteiger charge is 2.16. The first-order valence-corrected chi connectivity index (χ1v) is 6.04. The first kappa shape index (κ1) is 13.1. The third-order valence-electron chi connectivity index (χ3n) is 3.14. The van der Waals surface area contributed by atoms with Crippen molar-refractivity contribution < 1.29 is 13.2 Å². The molecule has 106 valence electrons. The maximum atomic E-state index is 13.8. The van der Waals surface area contributed by atoms with E-state index < -0.39 is 22.8 Å². The Labute approximate surface area is 117 Å². The summed E-state index contributed by atoms with van der Waals surface area (Å²) >= 11 is 0. The van der Waals surface area contributed by atoms with Gasteiger partial charge >= 0.3 is 0 Å². The lowest BCUT2D eigenvalue weighted by atomic mass is 10.1. The van der Waals surface area contributed by atoms with Gasteiger partial charge in [-0.2, -0.15) is 0 Å². The first-order chi connectivity index (χ1) is 9.97. The summed E-state index contributed by atoms with van der Waals surface area (Å²) in [7, 11) is 0. The number of nitrogens with two attached hydrogens (primary N) is 2. The van der Waals surface area contributed by atoms with Crippen molar-refractivity contribution in [1.82, 2.24) is 0 Å². The third kappa shape index (κ3) is 2.10. The molecular weight excluding hydrogens is 278 g/mol. The molecule has 21 heavy (non-hydrogen) atoms. The van der Waals surface area contributed by atoms with Crippen LogP contribution in [0.1, 0.15) is 0 Å². The highest BCUT2D eigenvalue weighted by atomic mass is 19.1. The van der Waals surface area contributed by atoms with Gasteiger partial charge in [0.1, 0.15) is 11.6 Å². The Morgan fingerprint density at radius 2 is 1.62 bits per heavy atom. The molecule has 0 saturated carbocycles. The molecule has 4 nitrogen and oxygen atoms in total. The topological polar surface area (TPSA) is 82.2 Å². The zero-order valence-corrected chi connectivity index (χ0v) is 10.7. The predicted molar refractivity (Wildman–Crippen MR) is 76.7 cm³/mol. The van der Waals surface area contributed by atoms with Gasteiger partial charge in [-0.25, -0.2) is 8.78 Å². The molecule has 0 atom stereocenters. The van der Waals surface area contributed by atoms with Crippen molar-refractivity contribution in [2.45, 2.75) is 0 Å². The van der Waals surface area contributed by atoms with Crippen molar-refractivity contribution in [3.05, 3.63) is 58.3 Å². The number of nitrogen functional groups attached to an aromatic ring is 2. The lowest BCUT2D eigenvalue weighted by molar-refractivity contribution is 0.546. The van der Waals surface area contributed by atoms with Crippen molar-refractivity contribution in [2.75, 3.05) is 11.5 Å². The molecule has 0 spiro atoms. The van der Waals surface area contributed by atoms with E-state index in [-0.39, 0.29) is 16.7 Å². The summed E-state index contributed by atoms with van der Waals surface area (Å²) in [4.78, 5) is 12.1. The SMILES string of the molecule is Nc1ccc(-c2cc(=O)c3c(N)c(F)cc(F)c3o2)cc1. The summed E-state index contributed by atoms with van der Waals surface area (Å²) in [5, 5.41) is -0.299. The van der Waals surface area contributed by atoms with Crippen LogP contribution in [0.4, 0.5) is 20.2 Å². The fourth-order valence-electron chi connectivity index (χ4n) is 2.08. The van der Waals surface area contributed by atoms with Crippen LogP contribution in [0.5, 0.6) is 0 Å². The normalized spacial score (nSPS) is 11.0. The molecule has 4 N–H and O–H groups in total. The summed E-state index contributed by atoms with van der Waals surface area (Å²) < 4.78 is 32.6. The van der Waals surface area contributed by atoms with Gasteiger partial charge in [0.05, 0.1) is 11.1 Å². The molecule has 0 radical (unpaired) electrons. The molecule has 2 aromatic carbocycles. The van der Waals surface area contributed by atoms with Crippen LogP contribution in [0.2, 0.25) is 0 Å². The van der Waals surface area contributed by atoms with Crippen LogP contribution >= 0.6 is 0 Å². The average Bonchev–Trinajstić information content (AvgIpc) is 2.45. The molecule has 3 aromatic rings. The Morgan fingerprint density at radius 3 is 2.29 bits per heavy atom. The Balaban J connectivity index is 2.34. The number of halogens is 2. The quantitative estimate of drug-likeness (QED) is 0.674. The minimum absolute atomic E-state index is 0.150. The van der Waals surface area contributed by atoms with Crippen LogP contribution in [0, 0.1) is 11.6 Å². The standard InChI is InChI=1S/C15H10F2N2O2/c16-9-5-10(17)15-13(14(9)19)11(20)6-12(21-15)7-1-3-8(18)4-2-7/h1-6H,18-19H2. The lowest BCUT2D eigenvalue weighted by Gasteiger charge is -2.07. The van der Waals surface area contributed by atoms with Crippen LogP contribution in [-0.4, -0.2) is 0 Å². The van der Waals surface area contributed by atoms with E-state index in [4.69, 9.17) is 15.9 Å². The molecule has 0 aliphatic carbocycles. The van der Waals surface area contributed by atoms with Crippen LogP contribution in [0.15, 0.2) is 45.6 Å². The Morgan fingerprint density at radius 1 is 0.952 bits per heavy atom. The van der Waals surface area contributed by atoms with Crippen molar-refractivity contribution >= 4 is 22.3 Å². The van der Waals surface area contributed by atoms with E-state index >= 15 is 0 Å². The van der Waals surface area contributed by atoms with Gasteiger partial charge in [-0.1, -0.05) is 0 Å². The zero-order valence-electron chi connectivity index (χ0n) is 10.7. The molecule has 1 heterocycles. The van der Waals surface area contributed by atoms with Gasteiger partial charge < -0.3 is 15.9 Å². The summed E-state index contributed by atoms with van der Waals surface area (Å²) in [6.45, 7) is 0. The van der Waals surface area contributed by atoms with E-state index in [2.05, 4.69) is 0 Å². The Kier molecular flexibility index (Phi) is 2.86. The van der Waals surface area contributed by atoms with Crippen molar-refractivity contribution in [2.24, 2.45) is 0 Å². The number of rotatable bonds is 1. The van der Waals surface area contributed by atoms with Gasteiger partial charge in [0.25, 0.3) is 0 Å². The number of hydrogen-bond acceptors (Lipinski definition) is 4. The molecule has 0 fully saturated rings. The number of fused-ring (bicyclic) bond motifs is 1. The van der Waals surface area contributed by atoms with Gasteiger partial charge in [-0.05, 0) is 24.3 Å². The summed E-state index contributed by atoms with van der Waals surface area (Å²) in [6.07, 6.45) is 0. The van der Waals surface area contributed by atoms with Crippen LogP contribution in [-0.2, 0) is 0 Å². The number of anilines is 2. The monoisotopic (exact) mass is 288 g/mol. The minimum atomic E-state index is -0.993. The van der Waals surface area contributed by atoms with E-state index in [1.807, 2.05) is 0 Å². The number of hydrogen-bond donors (Lipinski definition) is 2. The molecule has 6 heteroatoms. The largest absolute Gasteiger partial charge is 0.453 e. The van der Waals surface area contributed by atoms with Gasteiger partial charge in [-0.3, -0.25) is 4.79 Å². The van der Waals surface area contributed by atoms with Crippen molar-refractivity contribution in [1.29, 1.82) is 0 Å². The summed E-state index contributed by atoms with van der Waals surface area (Å²) in [5.41, 5.74) is 10.7. The van der Waals surface area contributed by atoms with E-state index in [1.54, 1.807) is 24.3 Å². The molecule has 0 amide bonds. The fourth-order valence-corrected chi connectivity index (χ4v) is 2.08. The van der Waals surface area contributed by atoms with Gasteiger partial charge in [0.2, 0.25) is 0 Å². The molecule has 0 bridgehead atoms. The second-order valence-electron chi connectivity index (χ2n) is 4.55. The lowest BCUT2D eigenvalue weighted by Crippen LogP contribution is -2.07. The Hall–Kier alpha value is -2.89. The summed E-state index contributed by atoms with van der Waals surface area (Å²) in [6, 6.07) is 8.23. The highest BCUT2D eigenvalue weighted by Crippen LogP contribution is 2.28. The van der Waals surface area contributed by atoms with E-state index in [1.165, 1.54) is 0 Å². The second-order valence-corrected chi connectivity index (χ2v) is 4.55. The minimum Gasteiger partial charge on any atom is -0.453 e. The first-order valence-electron chi connectivity index (χ1n) is 6.04. The van der Waals surface area contributed by atoms with Crippen molar-refractivity contribution in [3.63, 3.8) is 0 Å². The summed E-state index contributed by atoms with van der Waals surface area (Å²) in [5.74, 6) is -1.82. The molecule has 3 rings (SSSR count). The highest BCUT2D eigenvalue weighted by molar-refractivity contribution is 5.90. The van der Waals surface area contributed by atoms with E-state index in [0.29, 0.717) is 17.3 Å². The molecule has 0 unspecified atom stereocenters. The molecule has 1 aromatic heterocycles. The van der Waals surface area contributed by atoms with E-state index in [0.717, 1.165) is 6.07 Å². The van der Waals surface area contributed by atoms with Crippen LogP contribution < -0.4 is 16.9 Å². The third-order valence-corrected chi connectivity index (χ3v) is 3.14. The average molecular weight is 288 g/mol. The van der Waals surface area contributed by atoms with E-state index in [9.17, 15) is 13.6 Å². The molecule has 0 aliphatic heterocycles. The van der Waals surface area contributed by atoms with Crippen LogP contribution in [0.3, 0.4) is 0 Å². The van der Waals surface area contributed by atoms with Gasteiger partial charge in [0, 0.05) is 23.4 Å². The smallest absolute Gasteiger partial charge is 0.195 e. The zero-order chi connectivity index (χ0) is 15.1. The van der Waals surface area contributed by atoms with Gasteiger partial charge in [0.15, 0.2) is 16.8 Å². The second kappa shape index (κ2) is 4.59. The van der Waals surface area contributed by atoms with Gasteiger partial charge in [-0.15, -0.1) is 0 Å². The predicted octanol–water partition coefficient (Wildman–Crippen LogP) is 2.90. The maximum Gasteiger partial charge on any atom is 0.195 e.